The maximum absolute atomic E-state index is 11.2. The molecule has 1 aromatic rings. The number of hydrogen-bond acceptors (Lipinski definition) is 3. The van der Waals surface area contributed by atoms with Crippen molar-refractivity contribution < 1.29 is 14.3 Å². The lowest BCUT2D eigenvalue weighted by atomic mass is 10.0. The van der Waals surface area contributed by atoms with Crippen LogP contribution in [0.25, 0.3) is 0 Å². The maximum atomic E-state index is 11.2. The highest BCUT2D eigenvalue weighted by atomic mass is 16.5. The average molecular weight is 234 g/mol. The lowest BCUT2D eigenvalue weighted by Crippen LogP contribution is -2.19. The van der Waals surface area contributed by atoms with Crippen LogP contribution in [-0.2, 0) is 16.0 Å². The third-order valence-corrected chi connectivity index (χ3v) is 2.52. The number of nitrogens with one attached hydrogen (secondary N) is 2. The van der Waals surface area contributed by atoms with Gasteiger partial charge in [-0.05, 0) is 37.1 Å². The second-order valence-corrected chi connectivity index (χ2v) is 3.77. The minimum Gasteiger partial charge on any atom is -0.450 e. The van der Waals surface area contributed by atoms with Gasteiger partial charge in [-0.2, -0.15) is 0 Å². The average Bonchev–Trinajstić information content (AvgIpc) is 2.29. The van der Waals surface area contributed by atoms with Crippen LogP contribution in [0, 0.1) is 0 Å². The first kappa shape index (κ1) is 11.4. The van der Waals surface area contributed by atoms with E-state index in [4.69, 9.17) is 4.74 Å². The van der Waals surface area contributed by atoms with Crippen molar-refractivity contribution in [2.24, 2.45) is 0 Å². The van der Waals surface area contributed by atoms with Crippen molar-refractivity contribution in [3.8, 4) is 0 Å². The Bertz CT molecular complexity index is 457. The van der Waals surface area contributed by atoms with Crippen LogP contribution < -0.4 is 10.6 Å². The fourth-order valence-electron chi connectivity index (χ4n) is 1.75. The van der Waals surface area contributed by atoms with Crippen molar-refractivity contribution in [2.75, 3.05) is 17.2 Å². The van der Waals surface area contributed by atoms with E-state index in [1.165, 1.54) is 0 Å². The van der Waals surface area contributed by atoms with E-state index in [2.05, 4.69) is 10.6 Å². The summed E-state index contributed by atoms with van der Waals surface area (Å²) in [4.78, 5) is 22.4. The summed E-state index contributed by atoms with van der Waals surface area (Å²) in [7, 11) is 0. The Balaban J connectivity index is 2.11. The van der Waals surface area contributed by atoms with E-state index in [1.54, 1.807) is 19.1 Å². The molecule has 1 heterocycles. The van der Waals surface area contributed by atoms with Crippen LogP contribution in [-0.4, -0.2) is 18.6 Å². The molecule has 1 aliphatic rings. The van der Waals surface area contributed by atoms with E-state index >= 15 is 0 Å². The summed E-state index contributed by atoms with van der Waals surface area (Å²) >= 11 is 0. The second-order valence-electron chi connectivity index (χ2n) is 3.77. The van der Waals surface area contributed by atoms with Gasteiger partial charge >= 0.3 is 6.09 Å². The number of anilines is 2. The molecule has 0 aromatic heterocycles. The smallest absolute Gasteiger partial charge is 0.411 e. The molecule has 0 saturated carbocycles. The molecule has 0 radical (unpaired) electrons. The molecule has 17 heavy (non-hydrogen) atoms. The molecular formula is C12H14N2O3. The number of rotatable bonds is 2. The molecule has 0 saturated heterocycles. The van der Waals surface area contributed by atoms with Gasteiger partial charge in [-0.25, -0.2) is 4.79 Å². The van der Waals surface area contributed by atoms with Gasteiger partial charge in [0.05, 0.1) is 6.61 Å². The molecule has 90 valence electrons. The monoisotopic (exact) mass is 234 g/mol. The van der Waals surface area contributed by atoms with Gasteiger partial charge in [-0.3, -0.25) is 10.1 Å². The van der Waals surface area contributed by atoms with Crippen LogP contribution in [0.4, 0.5) is 16.2 Å². The zero-order valence-electron chi connectivity index (χ0n) is 9.58. The molecule has 0 fully saturated rings. The van der Waals surface area contributed by atoms with E-state index in [1.807, 2.05) is 6.07 Å². The number of hydrogen-bond donors (Lipinski definition) is 2. The van der Waals surface area contributed by atoms with Gasteiger partial charge in [-0.15, -0.1) is 0 Å². The van der Waals surface area contributed by atoms with Crippen molar-refractivity contribution in [2.45, 2.75) is 19.8 Å². The molecule has 0 spiro atoms. The van der Waals surface area contributed by atoms with Crippen LogP contribution >= 0.6 is 0 Å². The number of ether oxygens (including phenoxy) is 1. The first-order valence-electron chi connectivity index (χ1n) is 5.55. The van der Waals surface area contributed by atoms with Crippen molar-refractivity contribution in [1.29, 1.82) is 0 Å². The SMILES string of the molecule is CCOC(=O)Nc1ccc2c(c1)CCC(=O)N2. The molecule has 1 aliphatic heterocycles. The van der Waals surface area contributed by atoms with Gasteiger partial charge in [0, 0.05) is 17.8 Å². The van der Waals surface area contributed by atoms with E-state index in [-0.39, 0.29) is 5.91 Å². The third kappa shape index (κ3) is 2.75. The Labute approximate surface area is 99.2 Å². The first-order valence-corrected chi connectivity index (χ1v) is 5.55. The topological polar surface area (TPSA) is 67.4 Å². The second kappa shape index (κ2) is 4.86. The lowest BCUT2D eigenvalue weighted by molar-refractivity contribution is -0.116. The Hall–Kier alpha value is -2.04. The fraction of sp³-hybridized carbons (Fsp3) is 0.333. The molecule has 2 rings (SSSR count). The zero-order chi connectivity index (χ0) is 12.3. The van der Waals surface area contributed by atoms with Gasteiger partial charge in [0.1, 0.15) is 0 Å². The van der Waals surface area contributed by atoms with E-state index in [9.17, 15) is 9.59 Å². The zero-order valence-corrected chi connectivity index (χ0v) is 9.58. The predicted molar refractivity (Wildman–Crippen MR) is 64.0 cm³/mol. The highest BCUT2D eigenvalue weighted by Gasteiger charge is 2.15. The summed E-state index contributed by atoms with van der Waals surface area (Å²) in [6, 6.07) is 5.38. The van der Waals surface area contributed by atoms with Crippen molar-refractivity contribution in [3.63, 3.8) is 0 Å². The lowest BCUT2D eigenvalue weighted by Gasteiger charge is -2.17. The van der Waals surface area contributed by atoms with Crippen molar-refractivity contribution >= 4 is 23.4 Å². The number of aryl methyl sites for hydroxylation is 1. The number of carbonyl (C=O) groups excluding carboxylic acids is 2. The molecule has 5 nitrogen and oxygen atoms in total. The Kier molecular flexibility index (Phi) is 3.27. The summed E-state index contributed by atoms with van der Waals surface area (Å²) in [6.45, 7) is 2.09. The van der Waals surface area contributed by atoms with Crippen molar-refractivity contribution in [1.82, 2.24) is 0 Å². The van der Waals surface area contributed by atoms with Crippen molar-refractivity contribution in [3.05, 3.63) is 23.8 Å². The summed E-state index contributed by atoms with van der Waals surface area (Å²) in [5.74, 6) is 0.0311. The fourth-order valence-corrected chi connectivity index (χ4v) is 1.75. The summed E-state index contributed by atoms with van der Waals surface area (Å²) in [5.41, 5.74) is 2.52. The van der Waals surface area contributed by atoms with Crippen LogP contribution in [0.3, 0.4) is 0 Å². The van der Waals surface area contributed by atoms with E-state index < -0.39 is 6.09 Å². The molecular weight excluding hydrogens is 220 g/mol. The maximum Gasteiger partial charge on any atom is 0.411 e. The van der Waals surface area contributed by atoms with E-state index in [0.29, 0.717) is 25.1 Å². The number of amides is 2. The predicted octanol–water partition coefficient (Wildman–Crippen LogP) is 2.14. The summed E-state index contributed by atoms with van der Waals surface area (Å²) in [6.07, 6.45) is 0.710. The largest absolute Gasteiger partial charge is 0.450 e. The molecule has 2 N–H and O–H groups in total. The molecule has 0 atom stereocenters. The van der Waals surface area contributed by atoms with Gasteiger partial charge in [0.2, 0.25) is 5.91 Å². The Morgan fingerprint density at radius 2 is 2.29 bits per heavy atom. The minimum atomic E-state index is -0.465. The number of carbonyl (C=O) groups is 2. The van der Waals surface area contributed by atoms with Gasteiger partial charge < -0.3 is 10.1 Å². The van der Waals surface area contributed by atoms with Crippen LogP contribution in [0.2, 0.25) is 0 Å². The minimum absolute atomic E-state index is 0.0311. The van der Waals surface area contributed by atoms with Gasteiger partial charge in [0.15, 0.2) is 0 Å². The Morgan fingerprint density at radius 1 is 1.47 bits per heavy atom. The highest BCUT2D eigenvalue weighted by Crippen LogP contribution is 2.25. The van der Waals surface area contributed by atoms with Crippen LogP contribution in [0.5, 0.6) is 0 Å². The summed E-state index contributed by atoms with van der Waals surface area (Å²) < 4.78 is 4.79. The molecule has 2 amide bonds. The first-order chi connectivity index (χ1) is 8.19. The Morgan fingerprint density at radius 3 is 3.06 bits per heavy atom. The highest BCUT2D eigenvalue weighted by molar-refractivity contribution is 5.94. The van der Waals surface area contributed by atoms with Gasteiger partial charge in [0.25, 0.3) is 0 Å². The quantitative estimate of drug-likeness (QED) is 0.823. The van der Waals surface area contributed by atoms with Gasteiger partial charge in [-0.1, -0.05) is 0 Å². The number of benzene rings is 1. The standard InChI is InChI=1S/C12H14N2O3/c1-2-17-12(16)13-9-4-5-10-8(7-9)3-6-11(15)14-10/h4-5,7H,2-3,6H2,1H3,(H,13,16)(H,14,15). The summed E-state index contributed by atoms with van der Waals surface area (Å²) in [5, 5.41) is 5.41. The molecule has 0 unspecified atom stereocenters. The molecule has 1 aromatic carbocycles. The number of fused-ring (bicyclic) bond motifs is 1. The van der Waals surface area contributed by atoms with E-state index in [0.717, 1.165) is 11.3 Å². The normalized spacial score (nSPS) is 13.6. The van der Waals surface area contributed by atoms with Crippen LogP contribution in [0.1, 0.15) is 18.9 Å². The van der Waals surface area contributed by atoms with Crippen LogP contribution in [0.15, 0.2) is 18.2 Å². The molecule has 0 bridgehead atoms. The third-order valence-electron chi connectivity index (χ3n) is 2.52. The molecule has 0 aliphatic carbocycles. The molecule has 5 heteroatoms.